The monoisotopic (exact) mass is 283 g/mol. The van der Waals surface area contributed by atoms with Crippen LogP contribution in [0.4, 0.5) is 0 Å². The van der Waals surface area contributed by atoms with Gasteiger partial charge in [-0.1, -0.05) is 29.3 Å². The van der Waals surface area contributed by atoms with Crippen molar-refractivity contribution in [2.24, 2.45) is 0 Å². The number of hydrogen-bond acceptors (Lipinski definition) is 2. The number of rotatable bonds is 3. The fourth-order valence-corrected chi connectivity index (χ4v) is 2.82. The summed E-state index contributed by atoms with van der Waals surface area (Å²) in [5.41, 5.74) is 4.46. The summed E-state index contributed by atoms with van der Waals surface area (Å²) >= 11 is 0. The molecule has 2 aromatic rings. The zero-order valence-corrected chi connectivity index (χ0v) is 11.8. The standard InChI is InChI=1S/C13H14ClNO2S/c1-9-3-10(2)5-11(4-9)6-12-7-13(15-8-12)18(14,16)17/h3-5,7-8,15H,6H2,1-2H3. The lowest BCUT2D eigenvalue weighted by Gasteiger charge is -2.03. The average Bonchev–Trinajstić information content (AvgIpc) is 2.63. The lowest BCUT2D eigenvalue weighted by Crippen LogP contribution is -1.90. The summed E-state index contributed by atoms with van der Waals surface area (Å²) in [6.45, 7) is 4.09. The number of H-pyrrole nitrogens is 1. The van der Waals surface area contributed by atoms with Crippen LogP contribution in [0.15, 0.2) is 35.5 Å². The first-order chi connectivity index (χ1) is 8.34. The smallest absolute Gasteiger partial charge is 0.276 e. The van der Waals surface area contributed by atoms with Crippen molar-refractivity contribution >= 4 is 19.7 Å². The molecule has 96 valence electrons. The van der Waals surface area contributed by atoms with Gasteiger partial charge in [0.15, 0.2) is 0 Å². The number of aryl methyl sites for hydroxylation is 2. The molecule has 18 heavy (non-hydrogen) atoms. The lowest BCUT2D eigenvalue weighted by atomic mass is 10.0. The molecule has 0 fully saturated rings. The van der Waals surface area contributed by atoms with Gasteiger partial charge >= 0.3 is 0 Å². The molecule has 0 saturated carbocycles. The molecule has 0 bridgehead atoms. The van der Waals surface area contributed by atoms with Gasteiger partial charge in [-0.2, -0.15) is 0 Å². The Bertz CT molecular complexity index is 654. The average molecular weight is 284 g/mol. The van der Waals surface area contributed by atoms with Gasteiger partial charge in [0.1, 0.15) is 5.03 Å². The van der Waals surface area contributed by atoms with E-state index in [1.807, 2.05) is 13.8 Å². The molecule has 2 rings (SSSR count). The Hall–Kier alpha value is -1.26. The molecule has 0 atom stereocenters. The first-order valence-electron chi connectivity index (χ1n) is 5.54. The Labute approximate surface area is 111 Å². The molecule has 0 amide bonds. The number of hydrogen-bond donors (Lipinski definition) is 1. The van der Waals surface area contributed by atoms with E-state index in [-0.39, 0.29) is 5.03 Å². The second-order valence-electron chi connectivity index (χ2n) is 4.48. The minimum atomic E-state index is -3.67. The van der Waals surface area contributed by atoms with E-state index < -0.39 is 9.05 Å². The van der Waals surface area contributed by atoms with Crippen molar-refractivity contribution in [1.82, 2.24) is 4.98 Å². The van der Waals surface area contributed by atoms with Crippen molar-refractivity contribution in [2.75, 3.05) is 0 Å². The first kappa shape index (κ1) is 13.2. The van der Waals surface area contributed by atoms with E-state index >= 15 is 0 Å². The van der Waals surface area contributed by atoms with Crippen molar-refractivity contribution in [2.45, 2.75) is 25.3 Å². The Kier molecular flexibility index (Phi) is 3.50. The zero-order chi connectivity index (χ0) is 13.3. The number of nitrogens with one attached hydrogen (secondary N) is 1. The van der Waals surface area contributed by atoms with Crippen LogP contribution in [0.5, 0.6) is 0 Å². The van der Waals surface area contributed by atoms with Crippen LogP contribution in [0.2, 0.25) is 0 Å². The van der Waals surface area contributed by atoms with Gasteiger partial charge in [0.05, 0.1) is 0 Å². The van der Waals surface area contributed by atoms with Gasteiger partial charge in [0, 0.05) is 16.9 Å². The molecule has 3 nitrogen and oxygen atoms in total. The normalized spacial score (nSPS) is 11.7. The second kappa shape index (κ2) is 4.78. The molecule has 0 spiro atoms. The lowest BCUT2D eigenvalue weighted by molar-refractivity contribution is 0.607. The largest absolute Gasteiger partial charge is 0.351 e. The quantitative estimate of drug-likeness (QED) is 0.880. The fourth-order valence-electron chi connectivity index (χ4n) is 2.07. The van der Waals surface area contributed by atoms with Crippen molar-refractivity contribution in [3.05, 3.63) is 52.7 Å². The van der Waals surface area contributed by atoms with Crippen LogP contribution in [-0.2, 0) is 15.5 Å². The van der Waals surface area contributed by atoms with Crippen molar-refractivity contribution in [3.8, 4) is 0 Å². The maximum atomic E-state index is 11.1. The third kappa shape index (κ3) is 3.15. The summed E-state index contributed by atoms with van der Waals surface area (Å²) in [5.74, 6) is 0. The molecule has 5 heteroatoms. The summed E-state index contributed by atoms with van der Waals surface area (Å²) in [5, 5.41) is 0.0449. The van der Waals surface area contributed by atoms with Crippen LogP contribution in [-0.4, -0.2) is 13.4 Å². The number of halogens is 1. The van der Waals surface area contributed by atoms with Crippen LogP contribution in [0.25, 0.3) is 0 Å². The van der Waals surface area contributed by atoms with E-state index in [2.05, 4.69) is 23.2 Å². The molecule has 1 aromatic heterocycles. The van der Waals surface area contributed by atoms with Gasteiger partial charge in [0.2, 0.25) is 0 Å². The Morgan fingerprint density at radius 3 is 2.17 bits per heavy atom. The summed E-state index contributed by atoms with van der Waals surface area (Å²) in [6, 6.07) is 7.86. The molecule has 1 aromatic carbocycles. The highest BCUT2D eigenvalue weighted by Gasteiger charge is 2.12. The summed E-state index contributed by atoms with van der Waals surface area (Å²) in [6.07, 6.45) is 2.36. The van der Waals surface area contributed by atoms with E-state index in [9.17, 15) is 8.42 Å². The van der Waals surface area contributed by atoms with E-state index in [0.29, 0.717) is 6.42 Å². The Morgan fingerprint density at radius 1 is 1.06 bits per heavy atom. The third-order valence-corrected chi connectivity index (χ3v) is 3.93. The molecule has 0 unspecified atom stereocenters. The molecular formula is C13H14ClNO2S. The maximum Gasteiger partial charge on any atom is 0.276 e. The first-order valence-corrected chi connectivity index (χ1v) is 7.84. The van der Waals surface area contributed by atoms with Gasteiger partial charge in [0.25, 0.3) is 9.05 Å². The van der Waals surface area contributed by atoms with Crippen LogP contribution in [0.3, 0.4) is 0 Å². The van der Waals surface area contributed by atoms with E-state index in [1.165, 1.54) is 11.1 Å². The number of aromatic amines is 1. The SMILES string of the molecule is Cc1cc(C)cc(Cc2c[nH]c(S(=O)(=O)Cl)c2)c1. The van der Waals surface area contributed by atoms with Crippen molar-refractivity contribution in [3.63, 3.8) is 0 Å². The zero-order valence-electron chi connectivity index (χ0n) is 10.2. The van der Waals surface area contributed by atoms with E-state index in [1.54, 1.807) is 12.3 Å². The van der Waals surface area contributed by atoms with Crippen LogP contribution in [0, 0.1) is 13.8 Å². The van der Waals surface area contributed by atoms with Gasteiger partial charge < -0.3 is 4.98 Å². The highest BCUT2D eigenvalue weighted by Crippen LogP contribution is 2.18. The molecule has 0 aliphatic rings. The highest BCUT2D eigenvalue weighted by molar-refractivity contribution is 8.13. The predicted octanol–water partition coefficient (Wildman–Crippen LogP) is 3.15. The van der Waals surface area contributed by atoms with Crippen molar-refractivity contribution < 1.29 is 8.42 Å². The fraction of sp³-hybridized carbons (Fsp3) is 0.231. The molecule has 0 aliphatic carbocycles. The molecule has 0 aliphatic heterocycles. The van der Waals surface area contributed by atoms with Crippen molar-refractivity contribution in [1.29, 1.82) is 0 Å². The van der Waals surface area contributed by atoms with Gasteiger partial charge in [-0.05, 0) is 37.5 Å². The molecule has 0 saturated heterocycles. The highest BCUT2D eigenvalue weighted by atomic mass is 35.7. The van der Waals surface area contributed by atoms with Crippen LogP contribution >= 0.6 is 10.7 Å². The number of benzene rings is 1. The summed E-state index contributed by atoms with van der Waals surface area (Å²) in [7, 11) is 1.59. The summed E-state index contributed by atoms with van der Waals surface area (Å²) in [4.78, 5) is 2.68. The van der Waals surface area contributed by atoms with Crippen LogP contribution in [0.1, 0.15) is 22.3 Å². The van der Waals surface area contributed by atoms with Gasteiger partial charge in [-0.25, -0.2) is 8.42 Å². The molecule has 1 heterocycles. The molecule has 0 radical (unpaired) electrons. The third-order valence-electron chi connectivity index (χ3n) is 2.67. The number of aromatic nitrogens is 1. The van der Waals surface area contributed by atoms with E-state index in [0.717, 1.165) is 11.1 Å². The van der Waals surface area contributed by atoms with Crippen LogP contribution < -0.4 is 0 Å². The topological polar surface area (TPSA) is 49.9 Å². The van der Waals surface area contributed by atoms with E-state index in [4.69, 9.17) is 10.7 Å². The minimum absolute atomic E-state index is 0.0449. The Balaban J connectivity index is 2.27. The molecular weight excluding hydrogens is 270 g/mol. The summed E-state index contributed by atoms with van der Waals surface area (Å²) < 4.78 is 22.3. The van der Waals surface area contributed by atoms with Gasteiger partial charge in [-0.15, -0.1) is 0 Å². The predicted molar refractivity (Wildman–Crippen MR) is 72.6 cm³/mol. The minimum Gasteiger partial charge on any atom is -0.351 e. The Morgan fingerprint density at radius 2 is 1.67 bits per heavy atom. The van der Waals surface area contributed by atoms with Gasteiger partial charge in [-0.3, -0.25) is 0 Å². The molecule has 1 N–H and O–H groups in total. The second-order valence-corrected chi connectivity index (χ2v) is 7.02. The maximum absolute atomic E-state index is 11.1.